The van der Waals surface area contributed by atoms with Crippen molar-refractivity contribution in [2.24, 2.45) is 0 Å². The Morgan fingerprint density at radius 3 is 2.45 bits per heavy atom. The van der Waals surface area contributed by atoms with Crippen LogP contribution in [0.2, 0.25) is 10.0 Å². The van der Waals surface area contributed by atoms with E-state index in [1.807, 2.05) is 0 Å². The molecule has 158 valence electrons. The number of amides is 2. The van der Waals surface area contributed by atoms with Gasteiger partial charge in [0.2, 0.25) is 5.95 Å². The number of halogens is 2. The highest BCUT2D eigenvalue weighted by molar-refractivity contribution is 6.40. The summed E-state index contributed by atoms with van der Waals surface area (Å²) in [4.78, 5) is 35.8. The fraction of sp³-hybridized carbons (Fsp3) is 0.143. The van der Waals surface area contributed by atoms with Crippen LogP contribution in [0.5, 0.6) is 5.75 Å². The number of esters is 1. The molecule has 2 amide bonds. The number of hydrogen-bond acceptors (Lipinski definition) is 6. The van der Waals surface area contributed by atoms with Gasteiger partial charge in [0.25, 0.3) is 0 Å². The van der Waals surface area contributed by atoms with E-state index in [2.05, 4.69) is 15.3 Å². The van der Waals surface area contributed by atoms with E-state index in [-0.39, 0.29) is 12.6 Å². The Morgan fingerprint density at radius 2 is 1.81 bits per heavy atom. The third kappa shape index (κ3) is 4.26. The van der Waals surface area contributed by atoms with Crippen LogP contribution in [-0.4, -0.2) is 29.0 Å². The van der Waals surface area contributed by atoms with Gasteiger partial charge < -0.3 is 10.1 Å². The average molecular weight is 458 g/mol. The van der Waals surface area contributed by atoms with Crippen molar-refractivity contribution in [1.29, 1.82) is 0 Å². The third-order valence-corrected chi connectivity index (χ3v) is 5.20. The molecule has 4 rings (SSSR count). The van der Waals surface area contributed by atoms with E-state index in [0.717, 1.165) is 5.56 Å². The van der Waals surface area contributed by atoms with Crippen molar-refractivity contribution in [2.75, 3.05) is 22.2 Å². The minimum absolute atomic E-state index is 0.235. The predicted molar refractivity (Wildman–Crippen MR) is 120 cm³/mol. The summed E-state index contributed by atoms with van der Waals surface area (Å²) in [6.45, 7) is 1.57. The lowest BCUT2D eigenvalue weighted by molar-refractivity contribution is -0.131. The van der Waals surface area contributed by atoms with E-state index >= 15 is 0 Å². The number of anilines is 4. The number of benzene rings is 2. The zero-order chi connectivity index (χ0) is 22.1. The molecule has 0 saturated carbocycles. The second kappa shape index (κ2) is 8.41. The Morgan fingerprint density at radius 1 is 1.13 bits per heavy atom. The van der Waals surface area contributed by atoms with Gasteiger partial charge in [-0.2, -0.15) is 4.98 Å². The molecule has 1 aromatic heterocycles. The molecule has 1 aliphatic rings. The molecule has 0 saturated heterocycles. The van der Waals surface area contributed by atoms with E-state index in [4.69, 9.17) is 27.9 Å². The first-order valence-corrected chi connectivity index (χ1v) is 9.99. The van der Waals surface area contributed by atoms with Crippen LogP contribution in [-0.2, 0) is 11.3 Å². The van der Waals surface area contributed by atoms with E-state index in [9.17, 15) is 9.59 Å². The molecule has 0 bridgehead atoms. The number of nitrogens with zero attached hydrogens (tertiary/aromatic N) is 4. The number of fused-ring (bicyclic) bond motifs is 1. The van der Waals surface area contributed by atoms with Crippen LogP contribution in [0.15, 0.2) is 48.7 Å². The molecule has 1 N–H and O–H groups in total. The molecule has 2 heterocycles. The van der Waals surface area contributed by atoms with Crippen LogP contribution >= 0.6 is 23.2 Å². The molecular weight excluding hydrogens is 441 g/mol. The van der Waals surface area contributed by atoms with Crippen molar-refractivity contribution in [3.05, 3.63) is 64.3 Å². The molecule has 0 fully saturated rings. The second-order valence-corrected chi connectivity index (χ2v) is 7.60. The van der Waals surface area contributed by atoms with Gasteiger partial charge >= 0.3 is 12.0 Å². The monoisotopic (exact) mass is 457 g/mol. The predicted octanol–water partition coefficient (Wildman–Crippen LogP) is 5.03. The van der Waals surface area contributed by atoms with Crippen molar-refractivity contribution in [3.63, 3.8) is 0 Å². The van der Waals surface area contributed by atoms with E-state index in [1.165, 1.54) is 16.7 Å². The van der Waals surface area contributed by atoms with Crippen molar-refractivity contribution in [3.8, 4) is 5.75 Å². The lowest BCUT2D eigenvalue weighted by Gasteiger charge is -2.34. The van der Waals surface area contributed by atoms with E-state index < -0.39 is 5.97 Å². The minimum Gasteiger partial charge on any atom is -0.427 e. The van der Waals surface area contributed by atoms with Gasteiger partial charge in [0.05, 0.1) is 22.3 Å². The molecule has 0 spiro atoms. The summed E-state index contributed by atoms with van der Waals surface area (Å²) in [5, 5.41) is 3.84. The largest absolute Gasteiger partial charge is 0.427 e. The number of para-hydroxylation sites is 1. The fourth-order valence-corrected chi connectivity index (χ4v) is 3.79. The maximum absolute atomic E-state index is 13.0. The molecule has 31 heavy (non-hydrogen) atoms. The first kappa shape index (κ1) is 20.9. The Hall–Kier alpha value is -3.36. The molecule has 8 nitrogen and oxygen atoms in total. The zero-order valence-corrected chi connectivity index (χ0v) is 18.1. The number of urea groups is 1. The fourth-order valence-electron chi connectivity index (χ4n) is 3.19. The highest BCUT2D eigenvalue weighted by Crippen LogP contribution is 2.38. The Kier molecular flexibility index (Phi) is 5.67. The second-order valence-electron chi connectivity index (χ2n) is 6.78. The highest BCUT2D eigenvalue weighted by Gasteiger charge is 2.32. The van der Waals surface area contributed by atoms with Crippen LogP contribution in [0.25, 0.3) is 0 Å². The van der Waals surface area contributed by atoms with E-state index in [1.54, 1.807) is 55.7 Å². The van der Waals surface area contributed by atoms with Crippen LogP contribution in [0.4, 0.5) is 27.9 Å². The van der Waals surface area contributed by atoms with Gasteiger partial charge in [-0.15, -0.1) is 0 Å². The average Bonchev–Trinajstić information content (AvgIpc) is 2.73. The lowest BCUT2D eigenvalue weighted by atomic mass is 10.2. The van der Waals surface area contributed by atoms with Gasteiger partial charge in [0.15, 0.2) is 0 Å². The molecule has 0 unspecified atom stereocenters. The molecule has 1 aliphatic heterocycles. The summed E-state index contributed by atoms with van der Waals surface area (Å²) >= 11 is 12.6. The number of carbonyl (C=O) groups is 2. The summed E-state index contributed by atoms with van der Waals surface area (Å²) in [5.74, 6) is 0.855. The summed E-state index contributed by atoms with van der Waals surface area (Å²) in [6.07, 6.45) is 1.65. The highest BCUT2D eigenvalue weighted by atomic mass is 35.5. The third-order valence-electron chi connectivity index (χ3n) is 4.59. The normalized spacial score (nSPS) is 13.1. The number of ether oxygens (including phenoxy) is 1. The van der Waals surface area contributed by atoms with Crippen LogP contribution in [0.1, 0.15) is 12.5 Å². The summed E-state index contributed by atoms with van der Waals surface area (Å²) in [7, 11) is 1.63. The molecule has 0 radical (unpaired) electrons. The van der Waals surface area contributed by atoms with Crippen molar-refractivity contribution < 1.29 is 14.3 Å². The lowest BCUT2D eigenvalue weighted by Crippen LogP contribution is -2.46. The maximum Gasteiger partial charge on any atom is 0.330 e. The molecule has 3 aromatic rings. The van der Waals surface area contributed by atoms with Crippen molar-refractivity contribution in [2.45, 2.75) is 13.5 Å². The Bertz CT molecular complexity index is 1150. The molecular formula is C21H17Cl2N5O3. The molecule has 0 atom stereocenters. The van der Waals surface area contributed by atoms with Crippen LogP contribution in [0, 0.1) is 0 Å². The smallest absolute Gasteiger partial charge is 0.330 e. The van der Waals surface area contributed by atoms with Gasteiger partial charge in [0, 0.05) is 31.4 Å². The SMILES string of the molecule is CC(=O)Oc1ccc(Nc2ncc3c(n2)N(C)C(=O)N(c2c(Cl)cccc2Cl)C3)cc1. The Balaban J connectivity index is 1.58. The summed E-state index contributed by atoms with van der Waals surface area (Å²) in [6, 6.07) is 11.6. The van der Waals surface area contributed by atoms with Crippen LogP contribution < -0.4 is 19.9 Å². The quantitative estimate of drug-likeness (QED) is 0.436. The van der Waals surface area contributed by atoms with Crippen LogP contribution in [0.3, 0.4) is 0 Å². The van der Waals surface area contributed by atoms with Crippen molar-refractivity contribution >= 4 is 58.3 Å². The minimum atomic E-state index is -0.390. The van der Waals surface area contributed by atoms with Crippen molar-refractivity contribution in [1.82, 2.24) is 9.97 Å². The number of nitrogens with one attached hydrogen (secondary N) is 1. The van der Waals surface area contributed by atoms with Gasteiger partial charge in [-0.05, 0) is 36.4 Å². The first-order chi connectivity index (χ1) is 14.8. The van der Waals surface area contributed by atoms with Gasteiger partial charge in [-0.25, -0.2) is 9.78 Å². The first-order valence-electron chi connectivity index (χ1n) is 9.24. The standard InChI is InChI=1S/C21H17Cl2N5O3/c1-12(29)31-15-8-6-14(7-9-15)25-20-24-10-13-11-28(21(30)27(2)19(13)26-20)18-16(22)4-3-5-17(18)23/h3-10H,11H2,1-2H3,(H,24,25,26). The number of aromatic nitrogens is 2. The van der Waals surface area contributed by atoms with Gasteiger partial charge in [0.1, 0.15) is 11.6 Å². The zero-order valence-electron chi connectivity index (χ0n) is 16.6. The summed E-state index contributed by atoms with van der Waals surface area (Å²) in [5.41, 5.74) is 1.89. The number of rotatable bonds is 4. The molecule has 0 aliphatic carbocycles. The van der Waals surface area contributed by atoms with E-state index in [0.29, 0.717) is 38.9 Å². The Labute approximate surface area is 188 Å². The summed E-state index contributed by atoms with van der Waals surface area (Å²) < 4.78 is 5.02. The number of hydrogen-bond donors (Lipinski definition) is 1. The molecule has 10 heteroatoms. The van der Waals surface area contributed by atoms with Gasteiger partial charge in [-0.1, -0.05) is 29.3 Å². The number of carbonyl (C=O) groups excluding carboxylic acids is 2. The van der Waals surface area contributed by atoms with Gasteiger partial charge in [-0.3, -0.25) is 14.6 Å². The topological polar surface area (TPSA) is 87.7 Å². The maximum atomic E-state index is 13.0. The molecule has 2 aromatic carbocycles.